The van der Waals surface area contributed by atoms with Gasteiger partial charge in [0.2, 0.25) is 5.91 Å². The molecule has 3 N–H and O–H groups in total. The van der Waals surface area contributed by atoms with Gasteiger partial charge in [-0.1, -0.05) is 18.2 Å². The van der Waals surface area contributed by atoms with E-state index in [2.05, 4.69) is 21.2 Å². The summed E-state index contributed by atoms with van der Waals surface area (Å²) in [4.78, 5) is 10.8. The number of carbonyl (C=O) groups is 1. The van der Waals surface area contributed by atoms with Crippen LogP contribution in [0.5, 0.6) is 0 Å². The molecular formula is C15H14BrFN2O. The Balaban J connectivity index is 1.96. The smallest absolute Gasteiger partial charge is 0.221 e. The monoisotopic (exact) mass is 336 g/mol. The zero-order chi connectivity index (χ0) is 14.5. The first-order valence-electron chi connectivity index (χ1n) is 6.09. The van der Waals surface area contributed by atoms with Crippen molar-refractivity contribution in [3.8, 4) is 0 Å². The molecule has 0 aliphatic heterocycles. The number of anilines is 1. The maximum atomic E-state index is 13.4. The number of nitrogens with one attached hydrogen (secondary N) is 1. The average Bonchev–Trinajstić information content (AvgIpc) is 2.41. The van der Waals surface area contributed by atoms with Crippen LogP contribution >= 0.6 is 15.9 Å². The molecule has 2 aromatic rings. The van der Waals surface area contributed by atoms with Gasteiger partial charge < -0.3 is 11.1 Å². The third-order valence-corrected chi connectivity index (χ3v) is 3.46. The van der Waals surface area contributed by atoms with Crippen LogP contribution in [0.2, 0.25) is 0 Å². The SMILES string of the molecule is NC(=O)Cc1ccc(NCc2ccc(Br)c(F)c2)cc1. The molecule has 0 fully saturated rings. The van der Waals surface area contributed by atoms with Crippen molar-refractivity contribution in [2.24, 2.45) is 5.73 Å². The van der Waals surface area contributed by atoms with Gasteiger partial charge in [-0.15, -0.1) is 0 Å². The first-order chi connectivity index (χ1) is 9.54. The Hall–Kier alpha value is -1.88. The maximum absolute atomic E-state index is 13.4. The standard InChI is InChI=1S/C15H14BrFN2O/c16-13-6-3-11(7-14(13)17)9-19-12-4-1-10(2-5-12)8-15(18)20/h1-7,19H,8-9H2,(H2,18,20). The molecule has 2 aromatic carbocycles. The number of carbonyl (C=O) groups excluding carboxylic acids is 1. The molecule has 0 atom stereocenters. The topological polar surface area (TPSA) is 55.1 Å². The van der Waals surface area contributed by atoms with E-state index >= 15 is 0 Å². The Labute approximate surface area is 125 Å². The molecule has 104 valence electrons. The van der Waals surface area contributed by atoms with Crippen molar-refractivity contribution in [2.45, 2.75) is 13.0 Å². The Morgan fingerprint density at radius 1 is 1.15 bits per heavy atom. The molecule has 20 heavy (non-hydrogen) atoms. The van der Waals surface area contributed by atoms with Gasteiger partial charge in [-0.2, -0.15) is 0 Å². The molecule has 0 saturated carbocycles. The second kappa shape index (κ2) is 6.52. The lowest BCUT2D eigenvalue weighted by Gasteiger charge is -2.08. The molecule has 3 nitrogen and oxygen atoms in total. The molecule has 0 saturated heterocycles. The van der Waals surface area contributed by atoms with E-state index in [0.717, 1.165) is 16.8 Å². The number of benzene rings is 2. The van der Waals surface area contributed by atoms with Crippen LogP contribution in [0.3, 0.4) is 0 Å². The predicted octanol–water partition coefficient (Wildman–Crippen LogP) is 3.23. The average molecular weight is 337 g/mol. The third kappa shape index (κ3) is 4.06. The number of hydrogen-bond donors (Lipinski definition) is 2. The van der Waals surface area contributed by atoms with Crippen molar-refractivity contribution in [3.63, 3.8) is 0 Å². The number of halogens is 2. The molecule has 5 heteroatoms. The highest BCUT2D eigenvalue weighted by Crippen LogP contribution is 2.17. The summed E-state index contributed by atoms with van der Waals surface area (Å²) in [5.41, 5.74) is 7.76. The van der Waals surface area contributed by atoms with Gasteiger partial charge in [0.1, 0.15) is 5.82 Å². The largest absolute Gasteiger partial charge is 0.381 e. The van der Waals surface area contributed by atoms with Crippen LogP contribution in [0, 0.1) is 5.82 Å². The zero-order valence-corrected chi connectivity index (χ0v) is 12.3. The lowest BCUT2D eigenvalue weighted by Crippen LogP contribution is -2.13. The number of rotatable bonds is 5. The fraction of sp³-hybridized carbons (Fsp3) is 0.133. The summed E-state index contributed by atoms with van der Waals surface area (Å²) >= 11 is 3.12. The molecule has 0 aliphatic rings. The van der Waals surface area contributed by atoms with Crippen LogP contribution in [0.4, 0.5) is 10.1 Å². The Kier molecular flexibility index (Phi) is 4.74. The lowest BCUT2D eigenvalue weighted by atomic mass is 10.1. The summed E-state index contributed by atoms with van der Waals surface area (Å²) in [7, 11) is 0. The van der Waals surface area contributed by atoms with E-state index in [4.69, 9.17) is 5.73 Å². The highest BCUT2D eigenvalue weighted by atomic mass is 79.9. The zero-order valence-electron chi connectivity index (χ0n) is 10.7. The first-order valence-corrected chi connectivity index (χ1v) is 6.89. The number of nitrogens with two attached hydrogens (primary N) is 1. The molecular weight excluding hydrogens is 323 g/mol. The number of primary amides is 1. The molecule has 0 unspecified atom stereocenters. The summed E-state index contributed by atoms with van der Waals surface area (Å²) in [5, 5.41) is 3.19. The van der Waals surface area contributed by atoms with Gasteiger partial charge in [0, 0.05) is 12.2 Å². The Morgan fingerprint density at radius 3 is 2.40 bits per heavy atom. The lowest BCUT2D eigenvalue weighted by molar-refractivity contribution is -0.117. The molecule has 0 radical (unpaired) electrons. The number of hydrogen-bond acceptors (Lipinski definition) is 2. The molecule has 0 bridgehead atoms. The van der Waals surface area contributed by atoms with Crippen molar-refractivity contribution in [3.05, 3.63) is 63.9 Å². The molecule has 0 heterocycles. The van der Waals surface area contributed by atoms with Gasteiger partial charge in [0.05, 0.1) is 10.9 Å². The van der Waals surface area contributed by atoms with Gasteiger partial charge in [-0.05, 0) is 51.3 Å². The second-order valence-corrected chi connectivity index (χ2v) is 5.30. The van der Waals surface area contributed by atoms with E-state index in [9.17, 15) is 9.18 Å². The maximum Gasteiger partial charge on any atom is 0.221 e. The molecule has 1 amide bonds. The van der Waals surface area contributed by atoms with Gasteiger partial charge in [0.25, 0.3) is 0 Å². The van der Waals surface area contributed by atoms with E-state index in [1.165, 1.54) is 6.07 Å². The normalized spacial score (nSPS) is 10.3. The summed E-state index contributed by atoms with van der Waals surface area (Å²) in [6.45, 7) is 0.527. The van der Waals surface area contributed by atoms with E-state index in [1.54, 1.807) is 6.07 Å². The summed E-state index contributed by atoms with van der Waals surface area (Å²) < 4.78 is 13.8. The van der Waals surface area contributed by atoms with Crippen molar-refractivity contribution in [1.82, 2.24) is 0 Å². The highest BCUT2D eigenvalue weighted by Gasteiger charge is 2.01. The minimum absolute atomic E-state index is 0.234. The van der Waals surface area contributed by atoms with E-state index in [1.807, 2.05) is 30.3 Å². The summed E-state index contributed by atoms with van der Waals surface area (Å²) in [5.74, 6) is -0.628. The molecule has 0 aromatic heterocycles. The van der Waals surface area contributed by atoms with E-state index in [-0.39, 0.29) is 18.1 Å². The Bertz CT molecular complexity index is 614. The summed E-state index contributed by atoms with van der Waals surface area (Å²) in [6, 6.07) is 12.4. The van der Waals surface area contributed by atoms with Crippen molar-refractivity contribution < 1.29 is 9.18 Å². The van der Waals surface area contributed by atoms with Crippen molar-refractivity contribution >= 4 is 27.5 Å². The number of amides is 1. The van der Waals surface area contributed by atoms with Gasteiger partial charge in [-0.3, -0.25) is 4.79 Å². The van der Waals surface area contributed by atoms with Gasteiger partial charge in [-0.25, -0.2) is 4.39 Å². The second-order valence-electron chi connectivity index (χ2n) is 4.44. The fourth-order valence-corrected chi connectivity index (χ4v) is 2.04. The third-order valence-electron chi connectivity index (χ3n) is 2.81. The Morgan fingerprint density at radius 2 is 1.80 bits per heavy atom. The van der Waals surface area contributed by atoms with Gasteiger partial charge in [0.15, 0.2) is 0 Å². The van der Waals surface area contributed by atoms with Crippen molar-refractivity contribution in [2.75, 3.05) is 5.32 Å². The first kappa shape index (κ1) is 14.5. The van der Waals surface area contributed by atoms with Crippen LogP contribution in [-0.2, 0) is 17.8 Å². The van der Waals surface area contributed by atoms with Crippen molar-refractivity contribution in [1.29, 1.82) is 0 Å². The van der Waals surface area contributed by atoms with Crippen LogP contribution in [-0.4, -0.2) is 5.91 Å². The van der Waals surface area contributed by atoms with E-state index in [0.29, 0.717) is 11.0 Å². The molecule has 0 spiro atoms. The summed E-state index contributed by atoms with van der Waals surface area (Å²) in [6.07, 6.45) is 0.234. The predicted molar refractivity (Wildman–Crippen MR) is 80.8 cm³/mol. The highest BCUT2D eigenvalue weighted by molar-refractivity contribution is 9.10. The minimum atomic E-state index is -0.351. The fourth-order valence-electron chi connectivity index (χ4n) is 1.80. The van der Waals surface area contributed by atoms with Crippen LogP contribution in [0.25, 0.3) is 0 Å². The minimum Gasteiger partial charge on any atom is -0.381 e. The van der Waals surface area contributed by atoms with Gasteiger partial charge >= 0.3 is 0 Å². The quantitative estimate of drug-likeness (QED) is 0.880. The van der Waals surface area contributed by atoms with Crippen LogP contribution < -0.4 is 11.1 Å². The molecule has 2 rings (SSSR count). The van der Waals surface area contributed by atoms with Crippen LogP contribution in [0.15, 0.2) is 46.9 Å². The van der Waals surface area contributed by atoms with Crippen LogP contribution in [0.1, 0.15) is 11.1 Å². The van der Waals surface area contributed by atoms with E-state index < -0.39 is 0 Å². The molecule has 0 aliphatic carbocycles.